The van der Waals surface area contributed by atoms with E-state index in [4.69, 9.17) is 15.3 Å². The quantitative estimate of drug-likeness (QED) is 0.775. The van der Waals surface area contributed by atoms with E-state index < -0.39 is 5.97 Å². The summed E-state index contributed by atoms with van der Waals surface area (Å²) in [6.07, 6.45) is 1.42. The number of carboxylic acid groups (broad SMARTS) is 1. The second-order valence-corrected chi connectivity index (χ2v) is 2.95. The first-order chi connectivity index (χ1) is 7.16. The van der Waals surface area contributed by atoms with Crippen molar-refractivity contribution < 1.29 is 14.3 Å². The predicted octanol–water partition coefficient (Wildman–Crippen LogP) is 1.62. The largest absolute Gasteiger partial charge is 0.478 e. The molecule has 2 rings (SSSR count). The second kappa shape index (κ2) is 3.45. The minimum absolute atomic E-state index is 0.0901. The van der Waals surface area contributed by atoms with Gasteiger partial charge in [0.1, 0.15) is 12.0 Å². The van der Waals surface area contributed by atoms with Gasteiger partial charge in [0.25, 0.3) is 6.01 Å². The van der Waals surface area contributed by atoms with Gasteiger partial charge in [0.2, 0.25) is 0 Å². The number of aromatic carboxylic acids is 1. The molecule has 0 saturated heterocycles. The van der Waals surface area contributed by atoms with Gasteiger partial charge in [-0.1, -0.05) is 12.1 Å². The van der Waals surface area contributed by atoms with E-state index in [9.17, 15) is 4.79 Å². The van der Waals surface area contributed by atoms with Crippen LogP contribution >= 0.6 is 0 Å². The van der Waals surface area contributed by atoms with Crippen LogP contribution in [0.2, 0.25) is 0 Å². The number of hydrogen-bond acceptors (Lipinski definition) is 4. The minimum atomic E-state index is -0.957. The number of nitrogens with two attached hydrogens (primary N) is 1. The summed E-state index contributed by atoms with van der Waals surface area (Å²) in [7, 11) is 0. The molecule has 0 aliphatic rings. The van der Waals surface area contributed by atoms with Crippen molar-refractivity contribution in [2.45, 2.75) is 0 Å². The molecule has 0 fully saturated rings. The van der Waals surface area contributed by atoms with E-state index in [0.29, 0.717) is 5.69 Å². The van der Waals surface area contributed by atoms with E-state index in [1.165, 1.54) is 18.4 Å². The van der Waals surface area contributed by atoms with Gasteiger partial charge in [0, 0.05) is 5.56 Å². The molecule has 0 unspecified atom stereocenters. The van der Waals surface area contributed by atoms with Gasteiger partial charge in [-0.05, 0) is 12.1 Å². The van der Waals surface area contributed by atoms with Crippen LogP contribution in [0.25, 0.3) is 11.3 Å². The summed E-state index contributed by atoms with van der Waals surface area (Å²) in [5.74, 6) is -0.957. The number of carboxylic acids is 1. The van der Waals surface area contributed by atoms with Gasteiger partial charge < -0.3 is 15.3 Å². The summed E-state index contributed by atoms with van der Waals surface area (Å²) in [5.41, 5.74) is 6.91. The number of aromatic nitrogens is 1. The molecular formula is C10H8N2O3. The number of hydrogen-bond donors (Lipinski definition) is 2. The van der Waals surface area contributed by atoms with Gasteiger partial charge in [0.05, 0.1) is 5.56 Å². The summed E-state index contributed by atoms with van der Waals surface area (Å²) in [4.78, 5) is 14.5. The molecule has 0 aliphatic heterocycles. The molecule has 1 aromatic carbocycles. The third kappa shape index (κ3) is 1.80. The van der Waals surface area contributed by atoms with E-state index in [1.54, 1.807) is 12.1 Å². The van der Waals surface area contributed by atoms with Crippen LogP contribution in [0.1, 0.15) is 10.4 Å². The Bertz CT molecular complexity index is 488. The molecule has 0 radical (unpaired) electrons. The average molecular weight is 204 g/mol. The molecule has 0 saturated carbocycles. The Morgan fingerprint density at radius 3 is 2.47 bits per heavy atom. The Balaban J connectivity index is 2.35. The molecule has 3 N–H and O–H groups in total. The van der Waals surface area contributed by atoms with E-state index in [2.05, 4.69) is 4.98 Å². The fourth-order valence-corrected chi connectivity index (χ4v) is 1.20. The monoisotopic (exact) mass is 204 g/mol. The van der Waals surface area contributed by atoms with Gasteiger partial charge in [-0.3, -0.25) is 0 Å². The first-order valence-corrected chi connectivity index (χ1v) is 4.21. The molecule has 5 heteroatoms. The third-order valence-electron chi connectivity index (χ3n) is 1.95. The third-order valence-corrected chi connectivity index (χ3v) is 1.95. The summed E-state index contributed by atoms with van der Waals surface area (Å²) in [6, 6.07) is 6.40. The number of oxazole rings is 1. The maximum atomic E-state index is 10.6. The van der Waals surface area contributed by atoms with Crippen molar-refractivity contribution in [3.8, 4) is 11.3 Å². The summed E-state index contributed by atoms with van der Waals surface area (Å²) in [6.45, 7) is 0. The number of rotatable bonds is 2. The smallest absolute Gasteiger partial charge is 0.335 e. The zero-order valence-corrected chi connectivity index (χ0v) is 7.68. The predicted molar refractivity (Wildman–Crippen MR) is 53.3 cm³/mol. The Kier molecular flexibility index (Phi) is 2.13. The maximum Gasteiger partial charge on any atom is 0.335 e. The van der Waals surface area contributed by atoms with E-state index in [-0.39, 0.29) is 11.6 Å². The summed E-state index contributed by atoms with van der Waals surface area (Å²) >= 11 is 0. The zero-order valence-electron chi connectivity index (χ0n) is 7.68. The molecule has 76 valence electrons. The minimum Gasteiger partial charge on any atom is -0.478 e. The van der Waals surface area contributed by atoms with Crippen molar-refractivity contribution in [2.75, 3.05) is 5.73 Å². The molecule has 1 heterocycles. The van der Waals surface area contributed by atoms with Crippen molar-refractivity contribution in [1.82, 2.24) is 4.98 Å². The van der Waals surface area contributed by atoms with Crippen LogP contribution in [0, 0.1) is 0 Å². The number of anilines is 1. The highest BCUT2D eigenvalue weighted by Crippen LogP contribution is 2.19. The highest BCUT2D eigenvalue weighted by Gasteiger charge is 2.05. The van der Waals surface area contributed by atoms with Crippen molar-refractivity contribution in [3.63, 3.8) is 0 Å². The fraction of sp³-hybridized carbons (Fsp3) is 0. The molecule has 0 atom stereocenters. The molecule has 0 amide bonds. The van der Waals surface area contributed by atoms with Crippen molar-refractivity contribution in [3.05, 3.63) is 36.1 Å². The van der Waals surface area contributed by atoms with Gasteiger partial charge in [-0.25, -0.2) is 4.79 Å². The van der Waals surface area contributed by atoms with Crippen LogP contribution in [0.4, 0.5) is 6.01 Å². The van der Waals surface area contributed by atoms with Crippen molar-refractivity contribution in [1.29, 1.82) is 0 Å². The standard InChI is InChI=1S/C10H8N2O3/c11-10-12-8(5-15-10)6-1-3-7(4-2-6)9(13)14/h1-5H,(H2,11,12)(H,13,14). The van der Waals surface area contributed by atoms with E-state index in [0.717, 1.165) is 5.56 Å². The SMILES string of the molecule is Nc1nc(-c2ccc(C(=O)O)cc2)co1. The average Bonchev–Trinajstić information content (AvgIpc) is 2.65. The molecule has 0 spiro atoms. The Hall–Kier alpha value is -2.30. The van der Waals surface area contributed by atoms with E-state index in [1.807, 2.05) is 0 Å². The highest BCUT2D eigenvalue weighted by molar-refractivity contribution is 5.88. The molecular weight excluding hydrogens is 196 g/mol. The topological polar surface area (TPSA) is 89.3 Å². The van der Waals surface area contributed by atoms with E-state index >= 15 is 0 Å². The van der Waals surface area contributed by atoms with Crippen LogP contribution < -0.4 is 5.73 Å². The lowest BCUT2D eigenvalue weighted by Crippen LogP contribution is -1.95. The lowest BCUT2D eigenvalue weighted by molar-refractivity contribution is 0.0697. The van der Waals surface area contributed by atoms with Gasteiger partial charge in [0.15, 0.2) is 0 Å². The van der Waals surface area contributed by atoms with Crippen LogP contribution in [0.3, 0.4) is 0 Å². The molecule has 1 aromatic heterocycles. The normalized spacial score (nSPS) is 10.1. The molecule has 5 nitrogen and oxygen atoms in total. The Morgan fingerprint density at radius 1 is 1.33 bits per heavy atom. The van der Waals surface area contributed by atoms with Crippen LogP contribution in [0.5, 0.6) is 0 Å². The molecule has 0 aliphatic carbocycles. The lowest BCUT2D eigenvalue weighted by Gasteiger charge is -1.96. The van der Waals surface area contributed by atoms with Gasteiger partial charge >= 0.3 is 5.97 Å². The first-order valence-electron chi connectivity index (χ1n) is 4.21. The molecule has 2 aromatic rings. The molecule has 0 bridgehead atoms. The van der Waals surface area contributed by atoms with Crippen LogP contribution in [0.15, 0.2) is 34.9 Å². The van der Waals surface area contributed by atoms with Crippen LogP contribution in [-0.2, 0) is 0 Å². The Labute approximate surface area is 85.2 Å². The molecule has 15 heavy (non-hydrogen) atoms. The first kappa shape index (κ1) is 9.26. The number of nitrogen functional groups attached to an aromatic ring is 1. The second-order valence-electron chi connectivity index (χ2n) is 2.95. The van der Waals surface area contributed by atoms with Gasteiger partial charge in [-0.15, -0.1) is 0 Å². The van der Waals surface area contributed by atoms with Gasteiger partial charge in [-0.2, -0.15) is 4.98 Å². The van der Waals surface area contributed by atoms with Crippen molar-refractivity contribution >= 4 is 12.0 Å². The Morgan fingerprint density at radius 2 is 2.00 bits per heavy atom. The van der Waals surface area contributed by atoms with Crippen LogP contribution in [-0.4, -0.2) is 16.1 Å². The highest BCUT2D eigenvalue weighted by atomic mass is 16.4. The summed E-state index contributed by atoms with van der Waals surface area (Å²) in [5, 5.41) is 8.70. The number of nitrogens with zero attached hydrogens (tertiary/aromatic N) is 1. The zero-order chi connectivity index (χ0) is 10.8. The lowest BCUT2D eigenvalue weighted by atomic mass is 10.1. The summed E-state index contributed by atoms with van der Waals surface area (Å²) < 4.78 is 4.85. The van der Waals surface area contributed by atoms with Crippen molar-refractivity contribution in [2.24, 2.45) is 0 Å². The number of carbonyl (C=O) groups is 1. The maximum absolute atomic E-state index is 10.6. The number of benzene rings is 1. The fourth-order valence-electron chi connectivity index (χ4n) is 1.20.